The molecular weight excluding hydrogens is 1100 g/mol. The molecule has 0 fully saturated rings. The van der Waals surface area contributed by atoms with E-state index in [0.29, 0.717) is 71.6 Å². The molecule has 21 nitrogen and oxygen atoms in total. The molecule has 0 aliphatic carbocycles. The Morgan fingerprint density at radius 1 is 0.542 bits per heavy atom. The van der Waals surface area contributed by atoms with Crippen molar-refractivity contribution in [3.05, 3.63) is 164 Å². The number of aliphatic carboxylic acids is 1. The van der Waals surface area contributed by atoms with E-state index in [1.807, 2.05) is 100 Å². The average molecular weight is 1160 g/mol. The molecule has 428 valence electrons. The van der Waals surface area contributed by atoms with Crippen molar-refractivity contribution in [2.75, 3.05) is 53.3 Å². The van der Waals surface area contributed by atoms with E-state index in [4.69, 9.17) is 25.2 Å². The smallest absolute Gasteiger partial charge is 0.310 e. The summed E-state index contributed by atoms with van der Waals surface area (Å²) < 4.78 is 12.3. The highest BCUT2D eigenvalue weighted by Gasteiger charge is 2.46. The van der Waals surface area contributed by atoms with Crippen molar-refractivity contribution in [1.82, 2.24) is 50.3 Å². The minimum absolute atomic E-state index is 0.0740. The van der Waals surface area contributed by atoms with Crippen LogP contribution in [0.5, 0.6) is 23.5 Å². The summed E-state index contributed by atoms with van der Waals surface area (Å²) in [6, 6.07) is 29.5. The van der Waals surface area contributed by atoms with Crippen LogP contribution >= 0.6 is 22.7 Å². The number of rotatable bonds is 11. The fourth-order valence-corrected chi connectivity index (χ4v) is 10.7. The molecule has 0 bridgehead atoms. The van der Waals surface area contributed by atoms with Gasteiger partial charge in [-0.3, -0.25) is 28.8 Å². The lowest BCUT2D eigenvalue weighted by Crippen LogP contribution is -2.38. The third-order valence-corrected chi connectivity index (χ3v) is 15.6. The number of nitrogens with two attached hydrogens (primary N) is 1. The summed E-state index contributed by atoms with van der Waals surface area (Å²) >= 11 is 2.28. The van der Waals surface area contributed by atoms with E-state index < -0.39 is 28.6 Å². The lowest BCUT2D eigenvalue weighted by molar-refractivity contribution is -0.147. The number of hydrogen-bond donors (Lipinski definition) is 5. The van der Waals surface area contributed by atoms with E-state index in [9.17, 15) is 33.9 Å². The number of carbonyl (C=O) groups excluding carboxylic acids is 5. The molecule has 6 aromatic heterocycles. The second kappa shape index (κ2) is 24.3. The Hall–Kier alpha value is -9.48. The van der Waals surface area contributed by atoms with Gasteiger partial charge in [-0.05, 0) is 76.2 Å². The molecule has 0 unspecified atom stereocenters. The van der Waals surface area contributed by atoms with E-state index in [2.05, 4.69) is 35.9 Å². The third kappa shape index (κ3) is 12.7. The molecule has 2 aliphatic rings. The van der Waals surface area contributed by atoms with E-state index in [-0.39, 0.29) is 29.5 Å². The van der Waals surface area contributed by atoms with Crippen molar-refractivity contribution in [1.29, 1.82) is 0 Å². The molecule has 2 atom stereocenters. The van der Waals surface area contributed by atoms with Crippen molar-refractivity contribution in [2.45, 2.75) is 53.4 Å². The Morgan fingerprint density at radius 2 is 0.928 bits per heavy atom. The Labute approximate surface area is 487 Å². The normalized spacial score (nSPS) is 13.6. The molecule has 10 rings (SSSR count). The van der Waals surface area contributed by atoms with Crippen molar-refractivity contribution in [3.8, 4) is 46.0 Å². The van der Waals surface area contributed by atoms with Gasteiger partial charge in [-0.1, -0.05) is 85.1 Å². The molecule has 5 amide bonds. The number of carboxylic acid groups (broad SMARTS) is 1. The van der Waals surface area contributed by atoms with E-state index >= 15 is 0 Å². The van der Waals surface area contributed by atoms with Gasteiger partial charge in [-0.15, -0.1) is 0 Å². The summed E-state index contributed by atoms with van der Waals surface area (Å²) in [5.41, 5.74) is 11.9. The number of nitrogens with zero attached hydrogens (tertiary/aromatic N) is 8. The summed E-state index contributed by atoms with van der Waals surface area (Å²) in [6.07, 6.45) is 2.89. The number of benzene rings is 2. The molecule has 0 saturated heterocycles. The highest BCUT2D eigenvalue weighted by Crippen LogP contribution is 2.53. The number of thiazole rings is 2. The highest BCUT2D eigenvalue weighted by molar-refractivity contribution is 7.17. The van der Waals surface area contributed by atoms with Gasteiger partial charge in [-0.25, -0.2) is 29.9 Å². The fraction of sp³-hybridized carbons (Fsp3) is 0.267. The first-order valence-electron chi connectivity index (χ1n) is 26.0. The van der Waals surface area contributed by atoms with Crippen LogP contribution in [0.4, 0.5) is 10.3 Å². The van der Waals surface area contributed by atoms with Crippen LogP contribution < -0.4 is 31.2 Å². The van der Waals surface area contributed by atoms with Crippen LogP contribution in [0.1, 0.15) is 113 Å². The van der Waals surface area contributed by atoms with Gasteiger partial charge < -0.3 is 46.1 Å². The monoisotopic (exact) mass is 1160 g/mol. The highest BCUT2D eigenvalue weighted by atomic mass is 32.1. The van der Waals surface area contributed by atoms with E-state index in [1.54, 1.807) is 80.4 Å². The third-order valence-electron chi connectivity index (χ3n) is 13.9. The minimum Gasteiger partial charge on any atom is -0.481 e. The van der Waals surface area contributed by atoms with Gasteiger partial charge in [0.15, 0.2) is 10.3 Å². The topological polar surface area (TPSA) is 287 Å². The summed E-state index contributed by atoms with van der Waals surface area (Å²) in [4.78, 5) is 104. The predicted molar refractivity (Wildman–Crippen MR) is 316 cm³/mol. The number of amides is 5. The zero-order chi connectivity index (χ0) is 60.2. The molecule has 8 heterocycles. The summed E-state index contributed by atoms with van der Waals surface area (Å²) in [7, 11) is 9.95. The lowest BCUT2D eigenvalue weighted by atomic mass is 9.70. The molecule has 23 heteroatoms. The van der Waals surface area contributed by atoms with Crippen LogP contribution in [0.2, 0.25) is 0 Å². The second-order valence-electron chi connectivity index (χ2n) is 21.0. The molecule has 0 radical (unpaired) electrons. The maximum Gasteiger partial charge on any atom is 0.310 e. The van der Waals surface area contributed by atoms with Crippen LogP contribution in [0.25, 0.3) is 22.5 Å². The van der Waals surface area contributed by atoms with Gasteiger partial charge in [0.25, 0.3) is 23.6 Å². The second-order valence-corrected chi connectivity index (χ2v) is 23.0. The van der Waals surface area contributed by atoms with Gasteiger partial charge in [0, 0.05) is 110 Å². The number of hydrogen-bond acceptors (Lipinski definition) is 17. The first kappa shape index (κ1) is 59.6. The van der Waals surface area contributed by atoms with Crippen LogP contribution in [-0.4, -0.2) is 123 Å². The molecule has 2 aromatic carbocycles. The Balaban J connectivity index is 0.000000189. The van der Waals surface area contributed by atoms with Gasteiger partial charge >= 0.3 is 5.97 Å². The quantitative estimate of drug-likeness (QED) is 0.0806. The lowest BCUT2D eigenvalue weighted by Gasteiger charge is -2.37. The van der Waals surface area contributed by atoms with Gasteiger partial charge in [0.2, 0.25) is 29.4 Å². The SMILES string of the molecule is CNC(=O)c1cnc(N)s1.CNC(=O)c1cnc(NC(=O)C(C)(C)[C@H]2c3ccc(C)nc3Oc3nc(-c4ccc(C(=O)N(C)C)cc4)ccc32)s1.Cc1ccc2c(n1)Oc1nc(-c3ccc(C(=O)N(C)C)cc3)ccc1[C@H]2C(C)(C)C(=O)O. The average Bonchev–Trinajstić information content (AvgIpc) is 2.41. The zero-order valence-electron chi connectivity index (χ0n) is 47.7. The van der Waals surface area contributed by atoms with Gasteiger partial charge in [0.05, 0.1) is 34.6 Å². The summed E-state index contributed by atoms with van der Waals surface area (Å²) in [5, 5.41) is 18.6. The van der Waals surface area contributed by atoms with E-state index in [0.717, 1.165) is 50.5 Å². The first-order chi connectivity index (χ1) is 39.3. The number of fused-ring (bicyclic) bond motifs is 4. The molecule has 0 spiro atoms. The first-order valence-corrected chi connectivity index (χ1v) is 27.6. The van der Waals surface area contributed by atoms with E-state index in [1.165, 1.54) is 33.5 Å². The van der Waals surface area contributed by atoms with Crippen molar-refractivity contribution in [2.24, 2.45) is 10.8 Å². The number of pyridine rings is 4. The number of nitrogen functional groups attached to an aromatic ring is 1. The minimum atomic E-state index is -1.10. The van der Waals surface area contributed by atoms with Crippen LogP contribution in [0.15, 0.2) is 109 Å². The largest absolute Gasteiger partial charge is 0.481 e. The number of carboxylic acids is 1. The van der Waals surface area contributed by atoms with Crippen LogP contribution in [0.3, 0.4) is 0 Å². The molecule has 2 aliphatic heterocycles. The Kier molecular flexibility index (Phi) is 17.5. The predicted octanol–water partition coefficient (Wildman–Crippen LogP) is 9.46. The summed E-state index contributed by atoms with van der Waals surface area (Å²) in [6.45, 7) is 10.8. The zero-order valence-corrected chi connectivity index (χ0v) is 49.4. The molecule has 6 N–H and O–H groups in total. The Bertz CT molecular complexity index is 3800. The summed E-state index contributed by atoms with van der Waals surface area (Å²) in [5.74, 6) is -1.16. The standard InChI is InChI=1S/C30H30N6O4S.C25H25N3O4.C5H7N3OS/c1-16-7-12-19-23(30(2,3)28(39)35-29-32-15-22(41-29)24(37)31-4)20-13-14-21(34-26(20)40-25(19)33-16)17-8-10-18(11-9-17)27(38)36(5)6;1-14-6-11-17-20(25(2,3)24(30)31)18-12-13-19(27-22(18)32-21(17)26-14)15-7-9-16(10-8-15)23(29)28(4)5;1-7-4(9)3-2-8-5(6)10-3/h7-15,23H,1-6H3,(H,31,37)(H,32,35,39);6-13,20H,1-5H3,(H,30,31);2H,1H3,(H2,6,8)(H,7,9)/t23-;20-;/m00./s1. The van der Waals surface area contributed by atoms with Crippen LogP contribution in [0, 0.1) is 24.7 Å². The molecule has 0 saturated carbocycles. The van der Waals surface area contributed by atoms with Gasteiger partial charge in [-0.2, -0.15) is 0 Å². The maximum absolute atomic E-state index is 13.7. The number of ether oxygens (including phenoxy) is 2. The molecular formula is C60H62N12O9S2. The maximum atomic E-state index is 13.7. The van der Waals surface area contributed by atoms with Crippen molar-refractivity contribution in [3.63, 3.8) is 0 Å². The number of aryl methyl sites for hydroxylation is 2. The number of anilines is 2. The fourth-order valence-electron chi connectivity index (χ4n) is 9.26. The van der Waals surface area contributed by atoms with Crippen molar-refractivity contribution >= 4 is 68.4 Å². The van der Waals surface area contributed by atoms with Crippen LogP contribution in [-0.2, 0) is 9.59 Å². The van der Waals surface area contributed by atoms with Gasteiger partial charge in [0.1, 0.15) is 9.75 Å². The molecule has 83 heavy (non-hydrogen) atoms. The number of aromatic nitrogens is 6. The molecule has 8 aromatic rings. The van der Waals surface area contributed by atoms with Crippen molar-refractivity contribution < 1.29 is 43.3 Å². The number of carbonyl (C=O) groups is 6. The number of nitrogens with one attached hydrogen (secondary N) is 3. The Morgan fingerprint density at radius 3 is 1.31 bits per heavy atom.